The van der Waals surface area contributed by atoms with Crippen molar-refractivity contribution in [3.63, 3.8) is 0 Å². The topological polar surface area (TPSA) is 50.7 Å². The Kier molecular flexibility index (Phi) is 4.89. The highest BCUT2D eigenvalue weighted by molar-refractivity contribution is 5.88. The van der Waals surface area contributed by atoms with Crippen molar-refractivity contribution in [2.24, 2.45) is 10.4 Å². The van der Waals surface area contributed by atoms with Gasteiger partial charge in [-0.05, 0) is 24.3 Å². The van der Waals surface area contributed by atoms with E-state index < -0.39 is 0 Å². The minimum Gasteiger partial charge on any atom is -0.474 e. The summed E-state index contributed by atoms with van der Waals surface area (Å²) in [5, 5.41) is 2.97. The molecular weight excluding hydrogens is 276 g/mol. The van der Waals surface area contributed by atoms with Crippen LogP contribution in [0.4, 0.5) is 0 Å². The lowest BCUT2D eigenvalue weighted by Gasteiger charge is -2.30. The SMILES string of the molecule is CC(=O)N[C@H](C1=N[C@@H](Cc2ccccc2)[C@H](C)O1)C(C)(C)C. The minimum absolute atomic E-state index is 0.0221. The van der Waals surface area contributed by atoms with E-state index in [0.29, 0.717) is 5.90 Å². The van der Waals surface area contributed by atoms with Gasteiger partial charge < -0.3 is 10.1 Å². The summed E-state index contributed by atoms with van der Waals surface area (Å²) in [5.41, 5.74) is 1.10. The standard InChI is InChI=1S/C18H26N2O2/c1-12-15(11-14-9-7-6-8-10-14)20-17(22-12)16(18(3,4)5)19-13(2)21/h6-10,12,15-16H,11H2,1-5H3,(H,19,21)/t12-,15-,16+/m0/s1. The molecular formula is C18H26N2O2. The van der Waals surface area contributed by atoms with Crippen LogP contribution in [0.15, 0.2) is 35.3 Å². The average Bonchev–Trinajstić information content (AvgIpc) is 2.77. The van der Waals surface area contributed by atoms with Gasteiger partial charge in [0.25, 0.3) is 0 Å². The average molecular weight is 302 g/mol. The Morgan fingerprint density at radius 2 is 1.95 bits per heavy atom. The quantitative estimate of drug-likeness (QED) is 0.929. The summed E-state index contributed by atoms with van der Waals surface area (Å²) in [6.45, 7) is 9.80. The van der Waals surface area contributed by atoms with Gasteiger partial charge in [-0.1, -0.05) is 51.1 Å². The highest BCUT2D eigenvalue weighted by Crippen LogP contribution is 2.27. The van der Waals surface area contributed by atoms with E-state index in [1.807, 2.05) is 25.1 Å². The second-order valence-corrected chi connectivity index (χ2v) is 7.05. The molecule has 0 saturated heterocycles. The van der Waals surface area contributed by atoms with Gasteiger partial charge in [0.05, 0.1) is 6.04 Å². The summed E-state index contributed by atoms with van der Waals surface area (Å²) < 4.78 is 5.97. The first-order chi connectivity index (χ1) is 10.3. The van der Waals surface area contributed by atoms with E-state index in [-0.39, 0.29) is 29.5 Å². The normalized spacial score (nSPS) is 22.7. The zero-order chi connectivity index (χ0) is 16.3. The summed E-state index contributed by atoms with van der Waals surface area (Å²) in [4.78, 5) is 16.3. The monoisotopic (exact) mass is 302 g/mol. The van der Waals surface area contributed by atoms with Crippen molar-refractivity contribution in [1.82, 2.24) is 5.32 Å². The maximum atomic E-state index is 11.5. The van der Waals surface area contributed by atoms with Gasteiger partial charge in [-0.15, -0.1) is 0 Å². The number of nitrogens with zero attached hydrogens (tertiary/aromatic N) is 1. The highest BCUT2D eigenvalue weighted by atomic mass is 16.5. The first-order valence-electron chi connectivity index (χ1n) is 7.82. The zero-order valence-electron chi connectivity index (χ0n) is 14.1. The number of aliphatic imine (C=N–C) groups is 1. The third-order valence-corrected chi connectivity index (χ3v) is 3.89. The number of ether oxygens (including phenoxy) is 1. The van der Waals surface area contributed by atoms with Gasteiger partial charge in [0.2, 0.25) is 11.8 Å². The second kappa shape index (κ2) is 6.51. The summed E-state index contributed by atoms with van der Waals surface area (Å²) in [6, 6.07) is 10.2. The van der Waals surface area contributed by atoms with Crippen molar-refractivity contribution in [2.75, 3.05) is 0 Å². The van der Waals surface area contributed by atoms with E-state index in [2.05, 4.69) is 38.2 Å². The lowest BCUT2D eigenvalue weighted by atomic mass is 9.86. The molecule has 0 fully saturated rings. The van der Waals surface area contributed by atoms with Crippen molar-refractivity contribution in [3.8, 4) is 0 Å². The van der Waals surface area contributed by atoms with E-state index in [1.54, 1.807) is 0 Å². The van der Waals surface area contributed by atoms with E-state index >= 15 is 0 Å². The predicted molar refractivity (Wildman–Crippen MR) is 89.0 cm³/mol. The van der Waals surface area contributed by atoms with Crippen molar-refractivity contribution >= 4 is 11.8 Å². The van der Waals surface area contributed by atoms with E-state index in [0.717, 1.165) is 6.42 Å². The molecule has 0 spiro atoms. The lowest BCUT2D eigenvalue weighted by molar-refractivity contribution is -0.120. The molecule has 22 heavy (non-hydrogen) atoms. The van der Waals surface area contributed by atoms with Crippen LogP contribution in [-0.2, 0) is 16.0 Å². The fourth-order valence-electron chi connectivity index (χ4n) is 2.63. The number of carbonyl (C=O) groups excluding carboxylic acids is 1. The molecule has 1 amide bonds. The summed E-state index contributed by atoms with van der Waals surface area (Å²) in [7, 11) is 0. The van der Waals surface area contributed by atoms with Crippen molar-refractivity contribution in [1.29, 1.82) is 0 Å². The Labute approximate surface area is 133 Å². The summed E-state index contributed by atoms with van der Waals surface area (Å²) in [6.07, 6.45) is 0.872. The van der Waals surface area contributed by atoms with Crippen LogP contribution in [0, 0.1) is 5.41 Å². The number of amides is 1. The highest BCUT2D eigenvalue weighted by Gasteiger charge is 2.37. The number of nitrogens with one attached hydrogen (secondary N) is 1. The number of hydrogen-bond acceptors (Lipinski definition) is 3. The van der Waals surface area contributed by atoms with E-state index in [1.165, 1.54) is 12.5 Å². The first kappa shape index (κ1) is 16.5. The Balaban J connectivity index is 2.17. The van der Waals surface area contributed by atoms with Crippen LogP contribution in [-0.4, -0.2) is 30.0 Å². The third-order valence-electron chi connectivity index (χ3n) is 3.89. The van der Waals surface area contributed by atoms with Crippen LogP contribution in [0.25, 0.3) is 0 Å². The Bertz CT molecular complexity index is 546. The van der Waals surface area contributed by atoms with Gasteiger partial charge in [0.15, 0.2) is 0 Å². The van der Waals surface area contributed by atoms with E-state index in [4.69, 9.17) is 9.73 Å². The maximum Gasteiger partial charge on any atom is 0.217 e. The van der Waals surface area contributed by atoms with Crippen LogP contribution in [0.2, 0.25) is 0 Å². The zero-order valence-corrected chi connectivity index (χ0v) is 14.1. The molecule has 0 unspecified atom stereocenters. The Hall–Kier alpha value is -1.84. The lowest BCUT2D eigenvalue weighted by Crippen LogP contribution is -2.48. The van der Waals surface area contributed by atoms with Crippen LogP contribution in [0.5, 0.6) is 0 Å². The summed E-state index contributed by atoms with van der Waals surface area (Å²) >= 11 is 0. The number of hydrogen-bond donors (Lipinski definition) is 1. The molecule has 1 heterocycles. The molecule has 1 N–H and O–H groups in total. The van der Waals surface area contributed by atoms with Crippen molar-refractivity contribution < 1.29 is 9.53 Å². The molecule has 4 nitrogen and oxygen atoms in total. The van der Waals surface area contributed by atoms with Gasteiger partial charge in [-0.2, -0.15) is 0 Å². The molecule has 3 atom stereocenters. The molecule has 0 bridgehead atoms. The molecule has 2 rings (SSSR count). The predicted octanol–water partition coefficient (Wildman–Crippen LogP) is 2.97. The van der Waals surface area contributed by atoms with Gasteiger partial charge in [-0.3, -0.25) is 4.79 Å². The van der Waals surface area contributed by atoms with Gasteiger partial charge >= 0.3 is 0 Å². The molecule has 1 aliphatic rings. The Morgan fingerprint density at radius 1 is 1.32 bits per heavy atom. The molecule has 0 radical (unpaired) electrons. The minimum atomic E-state index is -0.201. The van der Waals surface area contributed by atoms with Crippen LogP contribution < -0.4 is 5.32 Å². The van der Waals surface area contributed by atoms with Crippen LogP contribution >= 0.6 is 0 Å². The first-order valence-corrected chi connectivity index (χ1v) is 7.82. The van der Waals surface area contributed by atoms with E-state index in [9.17, 15) is 4.79 Å². The van der Waals surface area contributed by atoms with Crippen LogP contribution in [0.1, 0.15) is 40.2 Å². The molecule has 1 aliphatic heterocycles. The summed E-state index contributed by atoms with van der Waals surface area (Å²) in [5.74, 6) is 0.585. The number of carbonyl (C=O) groups is 1. The molecule has 0 saturated carbocycles. The smallest absolute Gasteiger partial charge is 0.217 e. The maximum absolute atomic E-state index is 11.5. The van der Waals surface area contributed by atoms with Gasteiger partial charge in [-0.25, -0.2) is 4.99 Å². The van der Waals surface area contributed by atoms with Crippen molar-refractivity contribution in [2.45, 2.75) is 59.2 Å². The second-order valence-electron chi connectivity index (χ2n) is 7.05. The molecule has 1 aromatic rings. The van der Waals surface area contributed by atoms with Crippen LogP contribution in [0.3, 0.4) is 0 Å². The molecule has 1 aromatic carbocycles. The largest absolute Gasteiger partial charge is 0.474 e. The third kappa shape index (κ3) is 4.09. The molecule has 120 valence electrons. The molecule has 4 heteroatoms. The fourth-order valence-corrected chi connectivity index (χ4v) is 2.63. The number of rotatable bonds is 4. The van der Waals surface area contributed by atoms with Gasteiger partial charge in [0.1, 0.15) is 12.1 Å². The Morgan fingerprint density at radius 3 is 2.50 bits per heavy atom. The molecule has 0 aromatic heterocycles. The fraction of sp³-hybridized carbons (Fsp3) is 0.556. The molecule has 0 aliphatic carbocycles. The van der Waals surface area contributed by atoms with Crippen molar-refractivity contribution in [3.05, 3.63) is 35.9 Å². The number of benzene rings is 1. The van der Waals surface area contributed by atoms with Gasteiger partial charge in [0, 0.05) is 6.92 Å².